The summed E-state index contributed by atoms with van der Waals surface area (Å²) < 4.78 is 26.7. The van der Waals surface area contributed by atoms with Crippen LogP contribution in [0.1, 0.15) is 56.7 Å². The van der Waals surface area contributed by atoms with Gasteiger partial charge in [0, 0.05) is 43.4 Å². The Morgan fingerprint density at radius 2 is 1.83 bits per heavy atom. The quantitative estimate of drug-likeness (QED) is 0.414. The Kier molecular flexibility index (Phi) is 9.81. The minimum atomic E-state index is -2.65. The van der Waals surface area contributed by atoms with Crippen LogP contribution in [0.25, 0.3) is 0 Å². The molecule has 36 heavy (non-hydrogen) atoms. The molecule has 1 aliphatic carbocycles. The molecule has 0 spiro atoms. The van der Waals surface area contributed by atoms with Crippen LogP contribution in [0.4, 0.5) is 8.78 Å². The van der Waals surface area contributed by atoms with Crippen LogP contribution in [-0.2, 0) is 32.1 Å². The fourth-order valence-electron chi connectivity index (χ4n) is 4.26. The Morgan fingerprint density at radius 1 is 1.14 bits per heavy atom. The van der Waals surface area contributed by atoms with Crippen molar-refractivity contribution in [3.05, 3.63) is 52.5 Å². The van der Waals surface area contributed by atoms with E-state index in [1.165, 1.54) is 11.3 Å². The van der Waals surface area contributed by atoms with E-state index in [2.05, 4.69) is 15.6 Å². The van der Waals surface area contributed by atoms with Crippen LogP contribution in [0.3, 0.4) is 0 Å². The first-order valence-corrected chi connectivity index (χ1v) is 13.0. The lowest BCUT2D eigenvalue weighted by atomic mass is 9.82. The number of benzene rings is 1. The van der Waals surface area contributed by atoms with Gasteiger partial charge in [0.05, 0.1) is 17.7 Å². The van der Waals surface area contributed by atoms with E-state index in [9.17, 15) is 28.0 Å². The highest BCUT2D eigenvalue weighted by atomic mass is 32.1. The minimum absolute atomic E-state index is 0.0546. The van der Waals surface area contributed by atoms with Crippen LogP contribution in [0.5, 0.6) is 0 Å². The van der Waals surface area contributed by atoms with Gasteiger partial charge in [0.15, 0.2) is 0 Å². The van der Waals surface area contributed by atoms with E-state index in [1.54, 1.807) is 42.1 Å². The standard InChI is InChI=1S/C26H31F2N3O4S/c1-17(11-21(32)12-19-7-9-26(27,28)10-8-19)24(34)31-22(13-18-5-3-2-4-6-18)23(33)25(35)29-14-20-15-36-16-30-20/h2-6,15-17,19,22H,7-14H2,1H3,(H,29,35)(H,31,34)/t17-,22+/m0/s1. The molecule has 1 aromatic heterocycles. The number of nitrogens with zero attached hydrogens (tertiary/aromatic N) is 1. The van der Waals surface area contributed by atoms with Crippen molar-refractivity contribution in [3.8, 4) is 0 Å². The highest BCUT2D eigenvalue weighted by Crippen LogP contribution is 2.37. The van der Waals surface area contributed by atoms with Crippen molar-refractivity contribution in [1.29, 1.82) is 0 Å². The molecule has 10 heteroatoms. The zero-order chi connectivity index (χ0) is 26.1. The summed E-state index contributed by atoms with van der Waals surface area (Å²) in [5.41, 5.74) is 3.01. The van der Waals surface area contributed by atoms with E-state index in [0.717, 1.165) is 5.56 Å². The average molecular weight is 520 g/mol. The Balaban J connectivity index is 1.57. The van der Waals surface area contributed by atoms with Crippen LogP contribution in [0, 0.1) is 11.8 Å². The van der Waals surface area contributed by atoms with E-state index < -0.39 is 35.5 Å². The number of amides is 2. The summed E-state index contributed by atoms with van der Waals surface area (Å²) in [4.78, 5) is 54.9. The third-order valence-corrected chi connectivity index (χ3v) is 7.02. The smallest absolute Gasteiger partial charge is 0.289 e. The van der Waals surface area contributed by atoms with Crippen molar-refractivity contribution < 1.29 is 28.0 Å². The van der Waals surface area contributed by atoms with E-state index in [1.807, 2.05) is 6.07 Å². The van der Waals surface area contributed by atoms with Gasteiger partial charge in [-0.2, -0.15) is 0 Å². The number of thiazole rings is 1. The third kappa shape index (κ3) is 8.58. The molecule has 1 heterocycles. The molecule has 1 saturated carbocycles. The topological polar surface area (TPSA) is 105 Å². The van der Waals surface area contributed by atoms with Gasteiger partial charge < -0.3 is 10.6 Å². The Labute approximate surface area is 213 Å². The first-order chi connectivity index (χ1) is 17.1. The van der Waals surface area contributed by atoms with E-state index >= 15 is 0 Å². The van der Waals surface area contributed by atoms with E-state index in [4.69, 9.17) is 0 Å². The number of ketones is 2. The molecule has 2 amide bonds. The van der Waals surface area contributed by atoms with Crippen LogP contribution >= 0.6 is 11.3 Å². The number of nitrogens with one attached hydrogen (secondary N) is 2. The molecule has 7 nitrogen and oxygen atoms in total. The summed E-state index contributed by atoms with van der Waals surface area (Å²) in [6, 6.07) is 7.89. The molecule has 1 fully saturated rings. The molecular formula is C26H31F2N3O4S. The molecule has 2 atom stereocenters. The van der Waals surface area contributed by atoms with Crippen molar-refractivity contribution in [2.24, 2.45) is 11.8 Å². The second-order valence-corrected chi connectivity index (χ2v) is 10.1. The molecular weight excluding hydrogens is 488 g/mol. The second-order valence-electron chi connectivity index (χ2n) is 9.42. The van der Waals surface area contributed by atoms with Crippen molar-refractivity contribution >= 4 is 34.7 Å². The lowest BCUT2D eigenvalue weighted by molar-refractivity contribution is -0.140. The monoisotopic (exact) mass is 519 g/mol. The lowest BCUT2D eigenvalue weighted by Crippen LogP contribution is -2.50. The van der Waals surface area contributed by atoms with Gasteiger partial charge in [-0.25, -0.2) is 13.8 Å². The molecule has 0 saturated heterocycles. The second kappa shape index (κ2) is 12.8. The number of Topliss-reactive ketones (excluding diaryl/α,β-unsaturated/α-hetero) is 2. The predicted molar refractivity (Wildman–Crippen MR) is 131 cm³/mol. The molecule has 0 bridgehead atoms. The van der Waals surface area contributed by atoms with Gasteiger partial charge in [-0.15, -0.1) is 11.3 Å². The third-order valence-electron chi connectivity index (χ3n) is 6.39. The Bertz CT molecular complexity index is 1040. The molecule has 3 rings (SSSR count). The maximum absolute atomic E-state index is 13.4. The van der Waals surface area contributed by atoms with Gasteiger partial charge >= 0.3 is 0 Å². The van der Waals surface area contributed by atoms with Gasteiger partial charge in [0.2, 0.25) is 17.6 Å². The number of hydrogen-bond acceptors (Lipinski definition) is 6. The molecule has 2 N–H and O–H groups in total. The Morgan fingerprint density at radius 3 is 2.47 bits per heavy atom. The molecule has 1 aliphatic rings. The maximum Gasteiger partial charge on any atom is 0.289 e. The maximum atomic E-state index is 13.4. The highest BCUT2D eigenvalue weighted by molar-refractivity contribution is 7.07. The number of alkyl halides is 2. The number of halogens is 2. The van der Waals surface area contributed by atoms with E-state index in [0.29, 0.717) is 18.5 Å². The molecule has 0 radical (unpaired) electrons. The van der Waals surface area contributed by atoms with Gasteiger partial charge in [-0.1, -0.05) is 37.3 Å². The number of rotatable bonds is 12. The van der Waals surface area contributed by atoms with Gasteiger partial charge in [-0.05, 0) is 24.3 Å². The molecule has 0 unspecified atom stereocenters. The highest BCUT2D eigenvalue weighted by Gasteiger charge is 2.36. The summed E-state index contributed by atoms with van der Waals surface area (Å²) in [5.74, 6) is -5.78. The zero-order valence-electron chi connectivity index (χ0n) is 20.2. The van der Waals surface area contributed by atoms with Crippen LogP contribution in [-0.4, -0.2) is 40.3 Å². The van der Waals surface area contributed by atoms with Gasteiger partial charge in [0.1, 0.15) is 11.8 Å². The van der Waals surface area contributed by atoms with Gasteiger partial charge in [-0.3, -0.25) is 19.2 Å². The predicted octanol–water partition coefficient (Wildman–Crippen LogP) is 3.87. The number of carbonyl (C=O) groups is 4. The average Bonchev–Trinajstić information content (AvgIpc) is 3.37. The lowest BCUT2D eigenvalue weighted by Gasteiger charge is -2.28. The summed E-state index contributed by atoms with van der Waals surface area (Å²) >= 11 is 1.37. The van der Waals surface area contributed by atoms with Crippen molar-refractivity contribution in [1.82, 2.24) is 15.6 Å². The first kappa shape index (κ1) is 27.6. The van der Waals surface area contributed by atoms with E-state index in [-0.39, 0.29) is 50.4 Å². The molecule has 194 valence electrons. The molecule has 0 aliphatic heterocycles. The number of aromatic nitrogens is 1. The summed E-state index contributed by atoms with van der Waals surface area (Å²) in [7, 11) is 0. The number of hydrogen-bond donors (Lipinski definition) is 2. The first-order valence-electron chi connectivity index (χ1n) is 12.1. The van der Waals surface area contributed by atoms with Crippen LogP contribution in [0.15, 0.2) is 41.2 Å². The summed E-state index contributed by atoms with van der Waals surface area (Å²) in [6.45, 7) is 1.67. The summed E-state index contributed by atoms with van der Waals surface area (Å²) in [6.07, 6.45) is 0.391. The molecule has 2 aromatic rings. The minimum Gasteiger partial charge on any atom is -0.345 e. The van der Waals surface area contributed by atoms with Crippen LogP contribution in [0.2, 0.25) is 0 Å². The zero-order valence-corrected chi connectivity index (χ0v) is 21.0. The van der Waals surface area contributed by atoms with Crippen molar-refractivity contribution in [2.75, 3.05) is 0 Å². The summed E-state index contributed by atoms with van der Waals surface area (Å²) in [5, 5.41) is 6.93. The fourth-order valence-corrected chi connectivity index (χ4v) is 4.82. The SMILES string of the molecule is C[C@@H](CC(=O)CC1CCC(F)(F)CC1)C(=O)N[C@H](Cc1ccccc1)C(=O)C(=O)NCc1cscn1. The normalized spacial score (nSPS) is 17.1. The van der Waals surface area contributed by atoms with Gasteiger partial charge in [0.25, 0.3) is 5.91 Å². The molecule has 1 aromatic carbocycles. The largest absolute Gasteiger partial charge is 0.345 e. The van der Waals surface area contributed by atoms with Crippen molar-refractivity contribution in [2.45, 2.75) is 70.4 Å². The number of carbonyl (C=O) groups excluding carboxylic acids is 4. The fraction of sp³-hybridized carbons (Fsp3) is 0.500. The Hall–Kier alpha value is -3.01. The van der Waals surface area contributed by atoms with Crippen molar-refractivity contribution in [3.63, 3.8) is 0 Å². The van der Waals surface area contributed by atoms with Crippen LogP contribution < -0.4 is 10.6 Å².